The molecule has 4 heteroatoms. The van der Waals surface area contributed by atoms with Crippen LogP contribution in [0.1, 0.15) is 38.7 Å². The summed E-state index contributed by atoms with van der Waals surface area (Å²) in [5.74, 6) is -0.437. The summed E-state index contributed by atoms with van der Waals surface area (Å²) >= 11 is 0. The van der Waals surface area contributed by atoms with Crippen LogP contribution in [0, 0.1) is 0 Å². The predicted octanol–water partition coefficient (Wildman–Crippen LogP) is 3.96. The van der Waals surface area contributed by atoms with E-state index >= 15 is 0 Å². The van der Waals surface area contributed by atoms with Crippen molar-refractivity contribution in [3.05, 3.63) is 58.7 Å². The maximum Gasteiger partial charge on any atom is 0.195 e. The number of ketones is 1. The molecule has 0 aromatic heterocycles. The molecule has 0 radical (unpaired) electrons. The van der Waals surface area contributed by atoms with Crippen molar-refractivity contribution in [2.45, 2.75) is 45.5 Å². The zero-order chi connectivity index (χ0) is 17.7. The van der Waals surface area contributed by atoms with Gasteiger partial charge in [-0.2, -0.15) is 0 Å². The first kappa shape index (κ1) is 18.1. The minimum atomic E-state index is -0.597. The molecule has 4 nitrogen and oxygen atoms in total. The second-order valence-electron chi connectivity index (χ2n) is 6.13. The van der Waals surface area contributed by atoms with Gasteiger partial charge < -0.3 is 14.2 Å². The number of allylic oxidation sites excluding steroid dienone is 1. The van der Waals surface area contributed by atoms with Gasteiger partial charge in [-0.15, -0.1) is 0 Å². The molecule has 0 unspecified atom stereocenters. The number of benzene rings is 1. The van der Waals surface area contributed by atoms with E-state index < -0.39 is 5.79 Å². The van der Waals surface area contributed by atoms with Crippen LogP contribution in [0.4, 0.5) is 0 Å². The third-order valence-electron chi connectivity index (χ3n) is 4.74. The van der Waals surface area contributed by atoms with Crippen LogP contribution in [-0.2, 0) is 25.6 Å². The third-order valence-corrected chi connectivity index (χ3v) is 4.74. The first-order valence-corrected chi connectivity index (χ1v) is 9.14. The van der Waals surface area contributed by atoms with E-state index in [0.717, 1.165) is 35.1 Å². The molecule has 1 spiro atoms. The lowest BCUT2D eigenvalue weighted by Gasteiger charge is -2.26. The molecule has 25 heavy (non-hydrogen) atoms. The number of carbonyl (C=O) groups excluding carboxylic acids is 1. The molecule has 0 atom stereocenters. The Labute approximate surface area is 149 Å². The minimum Gasteiger partial charge on any atom is -0.372 e. The number of rotatable bonds is 4. The average Bonchev–Trinajstić information content (AvgIpc) is 3.28. The van der Waals surface area contributed by atoms with Crippen molar-refractivity contribution in [1.82, 2.24) is 0 Å². The van der Waals surface area contributed by atoms with E-state index in [2.05, 4.69) is 0 Å². The largest absolute Gasteiger partial charge is 0.372 e. The van der Waals surface area contributed by atoms with Crippen molar-refractivity contribution >= 4 is 5.78 Å². The Kier molecular flexibility index (Phi) is 5.84. The van der Waals surface area contributed by atoms with E-state index in [-0.39, 0.29) is 5.78 Å². The summed E-state index contributed by atoms with van der Waals surface area (Å²) in [4.78, 5) is 12.3. The van der Waals surface area contributed by atoms with Crippen LogP contribution in [-0.4, -0.2) is 31.4 Å². The van der Waals surface area contributed by atoms with Crippen LogP contribution >= 0.6 is 0 Å². The van der Waals surface area contributed by atoms with Gasteiger partial charge in [-0.3, -0.25) is 4.79 Å². The van der Waals surface area contributed by atoms with Crippen LogP contribution in [0.15, 0.2) is 53.1 Å². The summed E-state index contributed by atoms with van der Waals surface area (Å²) in [6, 6.07) is 10.0. The van der Waals surface area contributed by atoms with Crippen molar-refractivity contribution < 1.29 is 19.0 Å². The molecule has 0 bridgehead atoms. The van der Waals surface area contributed by atoms with Gasteiger partial charge in [0.05, 0.1) is 26.4 Å². The molecule has 1 saturated carbocycles. The van der Waals surface area contributed by atoms with Gasteiger partial charge in [-0.1, -0.05) is 50.3 Å². The molecule has 2 aliphatic carbocycles. The first-order chi connectivity index (χ1) is 12.3. The van der Waals surface area contributed by atoms with Gasteiger partial charge in [0.2, 0.25) is 0 Å². The lowest BCUT2D eigenvalue weighted by atomic mass is 9.91. The van der Waals surface area contributed by atoms with Crippen molar-refractivity contribution in [3.8, 4) is 0 Å². The SMILES string of the molecule is CC.O=C1CC=C2C(=C1COCc1ccccc1)CCC21OCCO1. The van der Waals surface area contributed by atoms with Crippen LogP contribution in [0.2, 0.25) is 0 Å². The van der Waals surface area contributed by atoms with Gasteiger partial charge in [-0.25, -0.2) is 0 Å². The molecular weight excluding hydrogens is 316 g/mol. The third kappa shape index (κ3) is 3.61. The molecule has 3 aliphatic rings. The molecule has 1 aromatic carbocycles. The first-order valence-electron chi connectivity index (χ1n) is 9.14. The highest BCUT2D eigenvalue weighted by atomic mass is 16.7. The summed E-state index contributed by atoms with van der Waals surface area (Å²) in [7, 11) is 0. The van der Waals surface area contributed by atoms with Gasteiger partial charge in [0, 0.05) is 24.0 Å². The monoisotopic (exact) mass is 342 g/mol. The minimum absolute atomic E-state index is 0.159. The Balaban J connectivity index is 0.000000880. The Morgan fingerprint density at radius 1 is 1.08 bits per heavy atom. The van der Waals surface area contributed by atoms with E-state index in [1.165, 1.54) is 0 Å². The molecule has 1 aliphatic heterocycles. The summed E-state index contributed by atoms with van der Waals surface area (Å²) in [6.45, 7) is 6.12. The summed E-state index contributed by atoms with van der Waals surface area (Å²) in [6.07, 6.45) is 4.01. The smallest absolute Gasteiger partial charge is 0.195 e. The molecule has 2 fully saturated rings. The van der Waals surface area contributed by atoms with Crippen molar-refractivity contribution in [1.29, 1.82) is 0 Å². The zero-order valence-corrected chi connectivity index (χ0v) is 15.0. The predicted molar refractivity (Wildman–Crippen MR) is 96.0 cm³/mol. The van der Waals surface area contributed by atoms with Crippen molar-refractivity contribution in [3.63, 3.8) is 0 Å². The number of fused-ring (bicyclic) bond motifs is 2. The highest BCUT2D eigenvalue weighted by molar-refractivity contribution is 6.00. The van der Waals surface area contributed by atoms with E-state index in [1.54, 1.807) is 0 Å². The number of ether oxygens (including phenoxy) is 3. The summed E-state index contributed by atoms with van der Waals surface area (Å²) in [5.41, 5.74) is 4.06. The number of hydrogen-bond donors (Lipinski definition) is 0. The fourth-order valence-electron chi connectivity index (χ4n) is 3.63. The van der Waals surface area contributed by atoms with Crippen LogP contribution < -0.4 is 0 Å². The fourth-order valence-corrected chi connectivity index (χ4v) is 3.63. The number of hydrogen-bond acceptors (Lipinski definition) is 4. The maximum absolute atomic E-state index is 12.3. The van der Waals surface area contributed by atoms with Gasteiger partial charge in [0.15, 0.2) is 11.6 Å². The van der Waals surface area contributed by atoms with Gasteiger partial charge >= 0.3 is 0 Å². The quantitative estimate of drug-likeness (QED) is 0.831. The normalized spacial score (nSPS) is 21.0. The van der Waals surface area contributed by atoms with Crippen molar-refractivity contribution in [2.24, 2.45) is 0 Å². The van der Waals surface area contributed by atoms with Gasteiger partial charge in [0.1, 0.15) is 0 Å². The molecule has 0 N–H and O–H groups in total. The Morgan fingerprint density at radius 3 is 2.52 bits per heavy atom. The van der Waals surface area contributed by atoms with Gasteiger partial charge in [0.25, 0.3) is 0 Å². The van der Waals surface area contributed by atoms with E-state index in [1.807, 2.05) is 50.3 Å². The maximum atomic E-state index is 12.3. The van der Waals surface area contributed by atoms with E-state index in [0.29, 0.717) is 32.8 Å². The Morgan fingerprint density at radius 2 is 1.80 bits per heavy atom. The zero-order valence-electron chi connectivity index (χ0n) is 15.0. The number of Topliss-reactive ketones (excluding diaryl/α,β-unsaturated/α-hetero) is 1. The van der Waals surface area contributed by atoms with Gasteiger partial charge in [-0.05, 0) is 17.6 Å². The highest BCUT2D eigenvalue weighted by Gasteiger charge is 2.48. The molecule has 134 valence electrons. The summed E-state index contributed by atoms with van der Waals surface area (Å²) < 4.78 is 17.5. The Hall–Kier alpha value is -1.75. The molecule has 1 saturated heterocycles. The lowest BCUT2D eigenvalue weighted by molar-refractivity contribution is -0.120. The second-order valence-corrected chi connectivity index (χ2v) is 6.13. The van der Waals surface area contributed by atoms with Crippen LogP contribution in [0.3, 0.4) is 0 Å². The fraction of sp³-hybridized carbons (Fsp3) is 0.476. The number of carbonyl (C=O) groups is 1. The lowest BCUT2D eigenvalue weighted by Crippen LogP contribution is -2.30. The molecule has 4 rings (SSSR count). The van der Waals surface area contributed by atoms with Crippen LogP contribution in [0.5, 0.6) is 0 Å². The molecule has 0 amide bonds. The van der Waals surface area contributed by atoms with E-state index in [4.69, 9.17) is 14.2 Å². The highest BCUT2D eigenvalue weighted by Crippen LogP contribution is 2.48. The second kappa shape index (κ2) is 8.09. The topological polar surface area (TPSA) is 44.8 Å². The average molecular weight is 342 g/mol. The molecule has 1 heterocycles. The molecular formula is C21H26O4. The van der Waals surface area contributed by atoms with E-state index in [9.17, 15) is 4.79 Å². The Bertz CT molecular complexity index is 666. The van der Waals surface area contributed by atoms with Crippen molar-refractivity contribution in [2.75, 3.05) is 19.8 Å². The van der Waals surface area contributed by atoms with Crippen LogP contribution in [0.25, 0.3) is 0 Å². The molecule has 1 aromatic rings. The standard InChI is InChI=1S/C19H20O4.C2H6/c20-18-7-6-17-15(8-9-19(17)22-10-11-23-19)16(18)13-21-12-14-4-2-1-3-5-14;1-2/h1-6H,7-13H2;1-2H3. The summed E-state index contributed by atoms with van der Waals surface area (Å²) in [5, 5.41) is 0.